The quantitative estimate of drug-likeness (QED) is 0.492. The van der Waals surface area contributed by atoms with Crippen molar-refractivity contribution in [3.63, 3.8) is 0 Å². The molecular weight excluding hydrogens is 430 g/mol. The van der Waals surface area contributed by atoms with Gasteiger partial charge in [0, 0.05) is 24.2 Å². The molecule has 174 valence electrons. The van der Waals surface area contributed by atoms with Gasteiger partial charge in [-0.2, -0.15) is 0 Å². The molecule has 33 heavy (non-hydrogen) atoms. The van der Waals surface area contributed by atoms with E-state index < -0.39 is 24.6 Å². The summed E-state index contributed by atoms with van der Waals surface area (Å²) in [4.78, 5) is 10.6. The van der Waals surface area contributed by atoms with Crippen molar-refractivity contribution in [1.29, 1.82) is 0 Å². The predicted octanol–water partition coefficient (Wildman–Crippen LogP) is 1.32. The fourth-order valence-electron chi connectivity index (χ4n) is 4.39. The summed E-state index contributed by atoms with van der Waals surface area (Å²) in [6.07, 6.45) is 2.31. The molecule has 0 saturated heterocycles. The SMILES string of the molecule is CCC(CC)(c1cccc(F)c1)c1ccc(/C=C/[C@@H](O)C[C@@H](O)CC(=O)[O-])c(C(C)C)c1.[Na+]. The number of carbonyl (C=O) groups excluding carboxylic acids is 1. The number of benzene rings is 2. The summed E-state index contributed by atoms with van der Waals surface area (Å²) >= 11 is 0. The van der Waals surface area contributed by atoms with Crippen molar-refractivity contribution in [3.8, 4) is 0 Å². The average Bonchev–Trinajstić information content (AvgIpc) is 2.73. The first-order chi connectivity index (χ1) is 15.1. The van der Waals surface area contributed by atoms with Crippen LogP contribution in [0, 0.1) is 5.82 Å². The van der Waals surface area contributed by atoms with Gasteiger partial charge in [-0.05, 0) is 53.1 Å². The topological polar surface area (TPSA) is 80.6 Å². The minimum absolute atomic E-state index is 0. The van der Waals surface area contributed by atoms with Crippen molar-refractivity contribution >= 4 is 12.0 Å². The van der Waals surface area contributed by atoms with Crippen molar-refractivity contribution in [1.82, 2.24) is 0 Å². The van der Waals surface area contributed by atoms with Crippen LogP contribution in [0.5, 0.6) is 0 Å². The maximum Gasteiger partial charge on any atom is 1.00 e. The Labute approximate surface area is 218 Å². The van der Waals surface area contributed by atoms with Crippen LogP contribution in [0.3, 0.4) is 0 Å². The molecule has 0 aromatic heterocycles. The molecule has 0 aliphatic heterocycles. The molecule has 0 fully saturated rings. The minimum Gasteiger partial charge on any atom is -0.550 e. The van der Waals surface area contributed by atoms with Crippen LogP contribution >= 0.6 is 0 Å². The van der Waals surface area contributed by atoms with Crippen molar-refractivity contribution < 1.29 is 54.1 Å². The fraction of sp³-hybridized carbons (Fsp3) is 0.444. The molecule has 2 N–H and O–H groups in total. The molecular formula is C27H34FNaO4. The molecule has 0 heterocycles. The molecule has 0 amide bonds. The Kier molecular flexibility index (Phi) is 12.0. The number of rotatable bonds is 11. The minimum atomic E-state index is -1.35. The number of aliphatic hydroxyl groups excluding tert-OH is 2. The van der Waals surface area contributed by atoms with Gasteiger partial charge in [-0.15, -0.1) is 0 Å². The number of halogens is 1. The first-order valence-corrected chi connectivity index (χ1v) is 11.3. The van der Waals surface area contributed by atoms with Crippen molar-refractivity contribution in [2.24, 2.45) is 0 Å². The molecule has 0 unspecified atom stereocenters. The average molecular weight is 465 g/mol. The monoisotopic (exact) mass is 464 g/mol. The van der Waals surface area contributed by atoms with Crippen LogP contribution in [-0.2, 0) is 10.2 Å². The maximum absolute atomic E-state index is 14.0. The third-order valence-corrected chi connectivity index (χ3v) is 6.26. The van der Waals surface area contributed by atoms with Gasteiger partial charge in [0.05, 0.1) is 12.2 Å². The zero-order valence-corrected chi connectivity index (χ0v) is 22.3. The molecule has 2 rings (SSSR count). The number of hydrogen-bond acceptors (Lipinski definition) is 4. The normalized spacial score (nSPS) is 13.7. The smallest absolute Gasteiger partial charge is 0.550 e. The Balaban J connectivity index is 0.00000544. The number of carbonyl (C=O) groups is 1. The van der Waals surface area contributed by atoms with E-state index >= 15 is 0 Å². The summed E-state index contributed by atoms with van der Waals surface area (Å²) in [6, 6.07) is 13.0. The zero-order chi connectivity index (χ0) is 23.9. The van der Waals surface area contributed by atoms with Crippen LogP contribution in [0.15, 0.2) is 48.5 Å². The molecule has 0 aliphatic carbocycles. The largest absolute Gasteiger partial charge is 1.00 e. The van der Waals surface area contributed by atoms with Crippen LogP contribution in [0.25, 0.3) is 6.08 Å². The number of carboxylic acid groups (broad SMARTS) is 1. The summed E-state index contributed by atoms with van der Waals surface area (Å²) in [5.41, 5.74) is 3.82. The van der Waals surface area contributed by atoms with E-state index in [-0.39, 0.29) is 53.1 Å². The fourth-order valence-corrected chi connectivity index (χ4v) is 4.39. The molecule has 0 spiro atoms. The van der Waals surface area contributed by atoms with E-state index in [4.69, 9.17) is 0 Å². The molecule has 0 saturated carbocycles. The maximum atomic E-state index is 14.0. The van der Waals surface area contributed by atoms with Gasteiger partial charge >= 0.3 is 29.6 Å². The summed E-state index contributed by atoms with van der Waals surface area (Å²) in [5, 5.41) is 30.4. The van der Waals surface area contributed by atoms with Crippen molar-refractivity contribution in [3.05, 3.63) is 76.6 Å². The third-order valence-electron chi connectivity index (χ3n) is 6.26. The van der Waals surface area contributed by atoms with E-state index in [1.165, 1.54) is 6.07 Å². The van der Waals surface area contributed by atoms with Gasteiger partial charge in [0.1, 0.15) is 5.82 Å². The number of carboxylic acids is 1. The van der Waals surface area contributed by atoms with Crippen LogP contribution in [-0.4, -0.2) is 28.4 Å². The molecule has 2 aromatic rings. The summed E-state index contributed by atoms with van der Waals surface area (Å²) in [5.74, 6) is -1.37. The molecule has 0 radical (unpaired) electrons. The Bertz CT molecular complexity index is 937. The summed E-state index contributed by atoms with van der Waals surface area (Å²) in [7, 11) is 0. The Morgan fingerprint density at radius 2 is 1.73 bits per heavy atom. The van der Waals surface area contributed by atoms with E-state index in [2.05, 4.69) is 39.8 Å². The van der Waals surface area contributed by atoms with Crippen molar-refractivity contribution in [2.45, 2.75) is 76.9 Å². The second-order valence-electron chi connectivity index (χ2n) is 8.69. The second-order valence-corrected chi connectivity index (χ2v) is 8.69. The van der Waals surface area contributed by atoms with E-state index in [0.717, 1.165) is 35.1 Å². The molecule has 2 aromatic carbocycles. The van der Waals surface area contributed by atoms with E-state index in [1.807, 2.05) is 12.1 Å². The van der Waals surface area contributed by atoms with E-state index in [1.54, 1.807) is 24.3 Å². The number of hydrogen-bond donors (Lipinski definition) is 2. The summed E-state index contributed by atoms with van der Waals surface area (Å²) in [6.45, 7) is 8.42. The Hall–Kier alpha value is -1.50. The van der Waals surface area contributed by atoms with Crippen LogP contribution in [0.2, 0.25) is 0 Å². The Morgan fingerprint density at radius 3 is 2.27 bits per heavy atom. The van der Waals surface area contributed by atoms with Gasteiger partial charge in [0.25, 0.3) is 0 Å². The van der Waals surface area contributed by atoms with Gasteiger partial charge in [0.2, 0.25) is 0 Å². The van der Waals surface area contributed by atoms with E-state index in [9.17, 15) is 24.5 Å². The first kappa shape index (κ1) is 29.5. The number of aliphatic carboxylic acids is 1. The third kappa shape index (κ3) is 7.76. The molecule has 2 atom stereocenters. The molecule has 0 bridgehead atoms. The van der Waals surface area contributed by atoms with Crippen molar-refractivity contribution in [2.75, 3.05) is 0 Å². The van der Waals surface area contributed by atoms with Crippen LogP contribution in [0.4, 0.5) is 4.39 Å². The Morgan fingerprint density at radius 1 is 1.09 bits per heavy atom. The summed E-state index contributed by atoms with van der Waals surface area (Å²) < 4.78 is 14.0. The second kappa shape index (κ2) is 13.4. The van der Waals surface area contributed by atoms with Gasteiger partial charge in [0.15, 0.2) is 0 Å². The standard InChI is InChI=1S/C27H35FO4.Na/c1-5-27(6-2,20-8-7-9-22(28)14-20)21-12-10-19(25(15-21)18(3)4)11-13-23(29)16-24(30)17-26(31)32;/h7-15,18,23-24,29-30H,5-6,16-17H2,1-4H3,(H,31,32);/q;+1/p-1/b13-11+;/t23-,24-;/m1./s1. The van der Waals surface area contributed by atoms with Crippen LogP contribution < -0.4 is 34.7 Å². The van der Waals surface area contributed by atoms with Gasteiger partial charge in [-0.3, -0.25) is 0 Å². The van der Waals surface area contributed by atoms with Gasteiger partial charge < -0.3 is 20.1 Å². The zero-order valence-electron chi connectivity index (χ0n) is 20.3. The van der Waals surface area contributed by atoms with Gasteiger partial charge in [-0.25, -0.2) is 4.39 Å². The van der Waals surface area contributed by atoms with Gasteiger partial charge in [-0.1, -0.05) is 70.2 Å². The van der Waals surface area contributed by atoms with Crippen LogP contribution in [0.1, 0.15) is 81.5 Å². The first-order valence-electron chi connectivity index (χ1n) is 11.3. The molecule has 0 aliphatic rings. The molecule has 6 heteroatoms. The predicted molar refractivity (Wildman–Crippen MR) is 124 cm³/mol. The molecule has 4 nitrogen and oxygen atoms in total. The number of aliphatic hydroxyl groups is 2. The van der Waals surface area contributed by atoms with E-state index in [0.29, 0.717) is 0 Å².